The third-order valence-electron chi connectivity index (χ3n) is 12.8. The monoisotopic (exact) mass is 971 g/mol. The van der Waals surface area contributed by atoms with Crippen molar-refractivity contribution in [1.29, 1.82) is 0 Å². The van der Waals surface area contributed by atoms with E-state index in [9.17, 15) is 33.6 Å². The van der Waals surface area contributed by atoms with E-state index in [0.717, 1.165) is 79.9 Å². The van der Waals surface area contributed by atoms with Gasteiger partial charge in [-0.05, 0) is 62.9 Å². The molecule has 20 nitrogen and oxygen atoms in total. The number of benzene rings is 1. The van der Waals surface area contributed by atoms with Crippen LogP contribution in [0.5, 0.6) is 5.75 Å². The quantitative estimate of drug-likeness (QED) is 0.0617. The lowest BCUT2D eigenvalue weighted by Gasteiger charge is -2.35. The SMILES string of the molecule is CC(=O)c1c(C)c2cnc(Nc3ccc(N4CCN(CCOCCOCCOCCNC(=O)COc5cccc6c5C(=O)N(C5CCC(=O)NC5=O)C6=O)CC4)cn3)cc2n(C2CCCC2)c1=O.Cl. The summed E-state index contributed by atoms with van der Waals surface area (Å²) < 4.78 is 24.4. The van der Waals surface area contributed by atoms with Crippen LogP contribution >= 0.6 is 12.4 Å². The van der Waals surface area contributed by atoms with Gasteiger partial charge in [-0.25, -0.2) is 9.97 Å². The van der Waals surface area contributed by atoms with Gasteiger partial charge in [-0.2, -0.15) is 0 Å². The minimum atomic E-state index is -1.10. The number of fused-ring (bicyclic) bond motifs is 2. The molecular formula is C48H58ClN9O11. The molecule has 1 aliphatic carbocycles. The van der Waals surface area contributed by atoms with Crippen LogP contribution < -0.4 is 31.1 Å². The minimum Gasteiger partial charge on any atom is -0.483 e. The van der Waals surface area contributed by atoms with Gasteiger partial charge in [0.15, 0.2) is 12.4 Å². The van der Waals surface area contributed by atoms with E-state index in [1.807, 2.05) is 35.9 Å². The maximum atomic E-state index is 13.6. The molecule has 69 heavy (non-hydrogen) atoms. The number of carbonyl (C=O) groups is 6. The van der Waals surface area contributed by atoms with Crippen LogP contribution in [0.2, 0.25) is 0 Å². The van der Waals surface area contributed by atoms with Crippen LogP contribution in [0.25, 0.3) is 10.9 Å². The number of ketones is 1. The Morgan fingerprint density at radius 2 is 1.54 bits per heavy atom. The van der Waals surface area contributed by atoms with Gasteiger partial charge in [0.05, 0.1) is 73.7 Å². The summed E-state index contributed by atoms with van der Waals surface area (Å²) in [7, 11) is 0. The van der Waals surface area contributed by atoms with E-state index in [0.29, 0.717) is 50.2 Å². The number of carbonyl (C=O) groups excluding carboxylic acids is 6. The van der Waals surface area contributed by atoms with E-state index in [-0.39, 0.29) is 78.2 Å². The Labute approximate surface area is 404 Å². The number of amides is 5. The molecule has 0 bridgehead atoms. The Bertz CT molecular complexity index is 2610. The first-order chi connectivity index (χ1) is 33.0. The minimum absolute atomic E-state index is 0. The molecule has 8 rings (SSSR count). The number of ether oxygens (including phenoxy) is 4. The van der Waals surface area contributed by atoms with Crippen molar-refractivity contribution in [2.45, 2.75) is 64.5 Å². The van der Waals surface area contributed by atoms with Crippen LogP contribution in [-0.2, 0) is 28.6 Å². The van der Waals surface area contributed by atoms with Crippen molar-refractivity contribution >= 4 is 76.0 Å². The van der Waals surface area contributed by atoms with Crippen LogP contribution in [0.1, 0.15) is 88.1 Å². The van der Waals surface area contributed by atoms with Crippen LogP contribution in [0.4, 0.5) is 17.3 Å². The predicted molar refractivity (Wildman–Crippen MR) is 256 cm³/mol. The summed E-state index contributed by atoms with van der Waals surface area (Å²) >= 11 is 0. The molecule has 1 atom stereocenters. The molecule has 3 fully saturated rings. The normalized spacial score (nSPS) is 17.5. The highest BCUT2D eigenvalue weighted by Crippen LogP contribution is 2.35. The maximum absolute atomic E-state index is 13.6. The number of rotatable bonds is 21. The third-order valence-corrected chi connectivity index (χ3v) is 12.8. The zero-order valence-corrected chi connectivity index (χ0v) is 39.6. The van der Waals surface area contributed by atoms with E-state index < -0.39 is 42.2 Å². The fourth-order valence-electron chi connectivity index (χ4n) is 9.27. The number of hydrogen-bond donors (Lipinski definition) is 3. The number of hydrogen-bond acceptors (Lipinski definition) is 16. The molecule has 4 aliphatic rings. The number of aryl methyl sites for hydroxylation is 1. The number of halogens is 1. The molecule has 3 N–H and O–H groups in total. The number of piperidine rings is 1. The molecule has 1 unspecified atom stereocenters. The van der Waals surface area contributed by atoms with Crippen LogP contribution in [-0.4, -0.2) is 151 Å². The van der Waals surface area contributed by atoms with Crippen LogP contribution in [0, 0.1) is 6.92 Å². The van der Waals surface area contributed by atoms with Gasteiger partial charge in [-0.3, -0.25) is 48.7 Å². The van der Waals surface area contributed by atoms with E-state index in [2.05, 4.69) is 35.7 Å². The number of aromatic nitrogens is 3. The van der Waals surface area contributed by atoms with Crippen molar-refractivity contribution in [2.24, 2.45) is 0 Å². The molecule has 3 aliphatic heterocycles. The van der Waals surface area contributed by atoms with Crippen molar-refractivity contribution < 1.29 is 47.7 Å². The van der Waals surface area contributed by atoms with Gasteiger partial charge in [-0.15, -0.1) is 12.4 Å². The second kappa shape index (κ2) is 23.3. The first kappa shape index (κ1) is 50.6. The lowest BCUT2D eigenvalue weighted by molar-refractivity contribution is -0.136. The van der Waals surface area contributed by atoms with Crippen molar-refractivity contribution in [1.82, 2.24) is 35.0 Å². The molecule has 1 saturated carbocycles. The second-order valence-electron chi connectivity index (χ2n) is 17.2. The summed E-state index contributed by atoms with van der Waals surface area (Å²) in [6, 6.07) is 9.27. The average molecular weight is 972 g/mol. The Kier molecular flexibility index (Phi) is 17.1. The second-order valence-corrected chi connectivity index (χ2v) is 17.2. The number of piperazine rings is 1. The lowest BCUT2D eigenvalue weighted by Crippen LogP contribution is -2.54. The van der Waals surface area contributed by atoms with Gasteiger partial charge in [0, 0.05) is 69.4 Å². The number of anilines is 3. The maximum Gasteiger partial charge on any atom is 0.266 e. The predicted octanol–water partition coefficient (Wildman–Crippen LogP) is 3.35. The van der Waals surface area contributed by atoms with Gasteiger partial charge in [0.25, 0.3) is 23.3 Å². The third kappa shape index (κ3) is 11.8. The van der Waals surface area contributed by atoms with Gasteiger partial charge < -0.3 is 39.0 Å². The fraction of sp³-hybridized carbons (Fsp3) is 0.479. The summed E-state index contributed by atoms with van der Waals surface area (Å²) in [6.45, 7) is 9.80. The van der Waals surface area contributed by atoms with Crippen molar-refractivity contribution in [2.75, 3.05) is 95.7 Å². The van der Waals surface area contributed by atoms with Gasteiger partial charge in [0.1, 0.15) is 23.4 Å². The Morgan fingerprint density at radius 1 is 0.826 bits per heavy atom. The smallest absolute Gasteiger partial charge is 0.266 e. The zero-order chi connectivity index (χ0) is 47.7. The number of nitrogens with zero attached hydrogens (tertiary/aromatic N) is 6. The molecule has 6 heterocycles. The number of pyridine rings is 3. The van der Waals surface area contributed by atoms with E-state index >= 15 is 0 Å². The molecule has 3 aromatic heterocycles. The summed E-state index contributed by atoms with van der Waals surface area (Å²) in [4.78, 5) is 103. The highest BCUT2D eigenvalue weighted by atomic mass is 35.5. The lowest BCUT2D eigenvalue weighted by atomic mass is 10.0. The Hall–Kier alpha value is -6.32. The highest BCUT2D eigenvalue weighted by molar-refractivity contribution is 6.24. The Morgan fingerprint density at radius 3 is 2.23 bits per heavy atom. The summed E-state index contributed by atoms with van der Waals surface area (Å²) in [5.74, 6) is -1.96. The van der Waals surface area contributed by atoms with Crippen molar-refractivity contribution in [3.05, 3.63) is 81.4 Å². The van der Waals surface area contributed by atoms with E-state index in [1.54, 1.807) is 6.20 Å². The van der Waals surface area contributed by atoms with Gasteiger partial charge >= 0.3 is 0 Å². The topological polar surface area (TPSA) is 233 Å². The molecule has 21 heteroatoms. The number of nitrogens with one attached hydrogen (secondary N) is 3. The summed E-state index contributed by atoms with van der Waals surface area (Å²) in [6.07, 6.45) is 7.58. The highest BCUT2D eigenvalue weighted by Gasteiger charge is 2.46. The zero-order valence-electron chi connectivity index (χ0n) is 38.8. The molecule has 2 saturated heterocycles. The summed E-state index contributed by atoms with van der Waals surface area (Å²) in [5.41, 5.74) is 2.54. The molecule has 1 aromatic carbocycles. The molecule has 368 valence electrons. The Balaban J connectivity index is 0.00000703. The molecule has 4 aromatic rings. The van der Waals surface area contributed by atoms with Crippen molar-refractivity contribution in [3.8, 4) is 5.75 Å². The van der Waals surface area contributed by atoms with E-state index in [4.69, 9.17) is 18.9 Å². The van der Waals surface area contributed by atoms with Gasteiger partial charge in [-0.1, -0.05) is 18.9 Å². The first-order valence-corrected chi connectivity index (χ1v) is 23.2. The van der Waals surface area contributed by atoms with E-state index in [1.165, 1.54) is 25.1 Å². The molecule has 5 amide bonds. The number of Topliss-reactive ketones (excluding diaryl/α,β-unsaturated/α-hetero) is 1. The largest absolute Gasteiger partial charge is 0.483 e. The standard InChI is InChI=1S/C48H57N9O11.ClH/c1-30-35-28-51-40(26-37(35)56(32-6-3-4-7-32)47(63)43(30)31(2)58)52-39-12-10-33(27-50-39)55-17-15-54(16-18-55)19-21-66-23-25-67-24-22-65-20-14-49-42(60)29-68-38-9-5-8-34-44(38)48(64)57(46(34)62)36-11-13-41(59)53-45(36)61;/h5,8-10,12,26-28,32,36H,3-4,6-7,11,13-25,29H2,1-2H3,(H,49,60)(H,50,51,52)(H,53,59,61);1H. The molecular weight excluding hydrogens is 914 g/mol. The average Bonchev–Trinajstić information content (AvgIpc) is 3.95. The number of imide groups is 2. The first-order valence-electron chi connectivity index (χ1n) is 23.2. The molecule has 0 radical (unpaired) electrons. The van der Waals surface area contributed by atoms with Crippen molar-refractivity contribution in [3.63, 3.8) is 0 Å². The fourth-order valence-corrected chi connectivity index (χ4v) is 9.27. The molecule has 0 spiro atoms. The van der Waals surface area contributed by atoms with Crippen LogP contribution in [0.15, 0.2) is 53.6 Å². The summed E-state index contributed by atoms with van der Waals surface area (Å²) in [5, 5.41) is 8.95. The van der Waals surface area contributed by atoms with Crippen LogP contribution in [0.3, 0.4) is 0 Å². The van der Waals surface area contributed by atoms with Gasteiger partial charge in [0.2, 0.25) is 11.8 Å².